The Morgan fingerprint density at radius 1 is 1.50 bits per heavy atom. The van der Waals surface area contributed by atoms with Gasteiger partial charge in [-0.1, -0.05) is 19.8 Å². The summed E-state index contributed by atoms with van der Waals surface area (Å²) in [5.74, 6) is 0.376. The Hall–Kier alpha value is -2.52. The monoisotopic (exact) mass is 417 g/mol. The van der Waals surface area contributed by atoms with E-state index >= 15 is 0 Å². The van der Waals surface area contributed by atoms with Gasteiger partial charge in [0.25, 0.3) is 0 Å². The maximum Gasteiger partial charge on any atom is 0.233 e. The molecule has 0 saturated carbocycles. The average Bonchev–Trinajstić information content (AvgIpc) is 3.38. The van der Waals surface area contributed by atoms with E-state index in [0.29, 0.717) is 37.6 Å². The van der Waals surface area contributed by atoms with Crippen LogP contribution in [0.4, 0.5) is 0 Å². The Morgan fingerprint density at radius 3 is 3.07 bits per heavy atom. The van der Waals surface area contributed by atoms with Gasteiger partial charge in [0.2, 0.25) is 12.3 Å². The molecule has 0 aromatic carbocycles. The van der Waals surface area contributed by atoms with Crippen molar-refractivity contribution in [2.45, 2.75) is 51.6 Å². The summed E-state index contributed by atoms with van der Waals surface area (Å²) in [5.41, 5.74) is 1.77. The Morgan fingerprint density at radius 2 is 2.33 bits per heavy atom. The molecule has 2 amide bonds. The van der Waals surface area contributed by atoms with Crippen LogP contribution in [0.3, 0.4) is 0 Å². The van der Waals surface area contributed by atoms with Crippen LogP contribution in [0.5, 0.6) is 0 Å². The second kappa shape index (κ2) is 10.5. The highest BCUT2D eigenvalue weighted by atomic mass is 16.5. The number of imidazole rings is 1. The molecule has 1 aliphatic rings. The number of aromatic nitrogens is 3. The van der Waals surface area contributed by atoms with Gasteiger partial charge in [-0.3, -0.25) is 19.8 Å². The first kappa shape index (κ1) is 22.2. The van der Waals surface area contributed by atoms with E-state index in [0.717, 1.165) is 42.5 Å². The van der Waals surface area contributed by atoms with Crippen LogP contribution >= 0.6 is 0 Å². The maximum absolute atomic E-state index is 13.4. The van der Waals surface area contributed by atoms with E-state index in [1.54, 1.807) is 19.5 Å². The number of carbonyl (C=O) groups excluding carboxylic acids is 2. The number of unbranched alkanes of at least 4 members (excludes halogenated alkanes) is 1. The standard InChI is InChI=1S/C21H31N5O4/c1-3-4-6-16(14-24(29)15-27)21(28)26-10-5-7-19(26)20-23-17-13-22-9-8-18(17)25(20)11-12-30-2/h8-9,13,15-16,19,29H,3-7,10-12,14H2,1-2H3. The van der Waals surface area contributed by atoms with E-state index in [2.05, 4.69) is 16.5 Å². The molecule has 1 saturated heterocycles. The smallest absolute Gasteiger partial charge is 0.233 e. The molecule has 30 heavy (non-hydrogen) atoms. The number of hydrogen-bond acceptors (Lipinski definition) is 6. The molecule has 1 aliphatic heterocycles. The summed E-state index contributed by atoms with van der Waals surface area (Å²) < 4.78 is 7.40. The maximum atomic E-state index is 13.4. The van der Waals surface area contributed by atoms with Crippen molar-refractivity contribution in [3.8, 4) is 0 Å². The van der Waals surface area contributed by atoms with Crippen molar-refractivity contribution in [3.63, 3.8) is 0 Å². The van der Waals surface area contributed by atoms with Gasteiger partial charge in [0, 0.05) is 26.4 Å². The van der Waals surface area contributed by atoms with Gasteiger partial charge in [-0.05, 0) is 25.3 Å². The van der Waals surface area contributed by atoms with Gasteiger partial charge in [-0.2, -0.15) is 0 Å². The molecule has 2 aromatic heterocycles. The first-order valence-electron chi connectivity index (χ1n) is 10.6. The molecule has 0 bridgehead atoms. The number of pyridine rings is 1. The lowest BCUT2D eigenvalue weighted by Crippen LogP contribution is -2.41. The number of fused-ring (bicyclic) bond motifs is 1. The van der Waals surface area contributed by atoms with E-state index in [4.69, 9.17) is 9.72 Å². The predicted octanol–water partition coefficient (Wildman–Crippen LogP) is 2.40. The van der Waals surface area contributed by atoms with Crippen molar-refractivity contribution >= 4 is 23.4 Å². The van der Waals surface area contributed by atoms with Gasteiger partial charge in [0.15, 0.2) is 0 Å². The molecule has 2 unspecified atom stereocenters. The van der Waals surface area contributed by atoms with Gasteiger partial charge < -0.3 is 14.2 Å². The normalized spacial score (nSPS) is 17.4. The molecule has 0 aliphatic carbocycles. The van der Waals surface area contributed by atoms with Gasteiger partial charge in [-0.15, -0.1) is 0 Å². The molecule has 0 radical (unpaired) electrons. The highest BCUT2D eigenvalue weighted by Crippen LogP contribution is 2.35. The first-order valence-corrected chi connectivity index (χ1v) is 10.6. The van der Waals surface area contributed by atoms with Gasteiger partial charge in [-0.25, -0.2) is 10.0 Å². The molecule has 3 heterocycles. The predicted molar refractivity (Wildman–Crippen MR) is 111 cm³/mol. The van der Waals surface area contributed by atoms with Crippen LogP contribution in [0.2, 0.25) is 0 Å². The third kappa shape index (κ3) is 4.79. The summed E-state index contributed by atoms with van der Waals surface area (Å²) in [5, 5.41) is 10.3. The topological polar surface area (TPSA) is 101 Å². The molecular weight excluding hydrogens is 386 g/mol. The van der Waals surface area contributed by atoms with Crippen molar-refractivity contribution in [2.75, 3.05) is 26.8 Å². The number of nitrogens with zero attached hydrogens (tertiary/aromatic N) is 5. The number of hydroxylamine groups is 2. The molecule has 9 heteroatoms. The highest BCUT2D eigenvalue weighted by molar-refractivity contribution is 5.80. The third-order valence-electron chi connectivity index (χ3n) is 5.72. The number of methoxy groups -OCH3 is 1. The van der Waals surface area contributed by atoms with Gasteiger partial charge >= 0.3 is 0 Å². The lowest BCUT2D eigenvalue weighted by molar-refractivity contribution is -0.157. The number of carbonyl (C=O) groups is 2. The quantitative estimate of drug-likeness (QED) is 0.342. The largest absolute Gasteiger partial charge is 0.383 e. The summed E-state index contributed by atoms with van der Waals surface area (Å²) in [4.78, 5) is 35.2. The summed E-state index contributed by atoms with van der Waals surface area (Å²) in [6.45, 7) is 3.89. The first-order chi connectivity index (χ1) is 14.6. The van der Waals surface area contributed by atoms with E-state index in [1.807, 2.05) is 11.0 Å². The van der Waals surface area contributed by atoms with Crippen LogP contribution in [0, 0.1) is 5.92 Å². The second-order valence-corrected chi connectivity index (χ2v) is 7.74. The molecule has 2 atom stereocenters. The SMILES string of the molecule is CCCCC(CN(O)C=O)C(=O)N1CCCC1c1nc2cnccc2n1CCOC. The van der Waals surface area contributed by atoms with E-state index in [9.17, 15) is 14.8 Å². The molecule has 3 rings (SSSR count). The minimum atomic E-state index is -0.431. The molecule has 164 valence electrons. The van der Waals surface area contributed by atoms with E-state index in [1.165, 1.54) is 0 Å². The lowest BCUT2D eigenvalue weighted by atomic mass is 9.99. The molecule has 1 fully saturated rings. The molecule has 0 spiro atoms. The Kier molecular flexibility index (Phi) is 7.75. The Balaban J connectivity index is 1.90. The minimum Gasteiger partial charge on any atom is -0.383 e. The van der Waals surface area contributed by atoms with Crippen molar-refractivity contribution < 1.29 is 19.5 Å². The van der Waals surface area contributed by atoms with Crippen LogP contribution in [0.15, 0.2) is 18.5 Å². The lowest BCUT2D eigenvalue weighted by Gasteiger charge is -2.30. The summed E-state index contributed by atoms with van der Waals surface area (Å²) >= 11 is 0. The van der Waals surface area contributed by atoms with Crippen molar-refractivity contribution in [2.24, 2.45) is 5.92 Å². The summed E-state index contributed by atoms with van der Waals surface area (Å²) in [6, 6.07) is 1.79. The zero-order chi connectivity index (χ0) is 21.5. The van der Waals surface area contributed by atoms with Crippen molar-refractivity contribution in [1.82, 2.24) is 24.5 Å². The van der Waals surface area contributed by atoms with Crippen LogP contribution in [-0.2, 0) is 20.9 Å². The zero-order valence-electron chi connectivity index (χ0n) is 17.7. The highest BCUT2D eigenvalue weighted by Gasteiger charge is 2.37. The van der Waals surface area contributed by atoms with Gasteiger partial charge in [0.05, 0.1) is 36.8 Å². The second-order valence-electron chi connectivity index (χ2n) is 7.74. The number of rotatable bonds is 11. The third-order valence-corrected chi connectivity index (χ3v) is 5.72. The van der Waals surface area contributed by atoms with E-state index in [-0.39, 0.29) is 18.5 Å². The zero-order valence-corrected chi connectivity index (χ0v) is 17.7. The molecular formula is C21H31N5O4. The minimum absolute atomic E-state index is 0.00949. The summed E-state index contributed by atoms with van der Waals surface area (Å²) in [6.07, 6.45) is 7.98. The average molecular weight is 418 g/mol. The van der Waals surface area contributed by atoms with Crippen molar-refractivity contribution in [1.29, 1.82) is 0 Å². The number of likely N-dealkylation sites (tertiary alicyclic amines) is 1. The van der Waals surface area contributed by atoms with Crippen molar-refractivity contribution in [3.05, 3.63) is 24.3 Å². The van der Waals surface area contributed by atoms with Gasteiger partial charge in [0.1, 0.15) is 11.3 Å². The fourth-order valence-corrected chi connectivity index (χ4v) is 4.22. The molecule has 9 nitrogen and oxygen atoms in total. The summed E-state index contributed by atoms with van der Waals surface area (Å²) in [7, 11) is 1.66. The van der Waals surface area contributed by atoms with Crippen LogP contribution < -0.4 is 0 Å². The Bertz CT molecular complexity index is 855. The van der Waals surface area contributed by atoms with Crippen LogP contribution in [-0.4, -0.2) is 68.8 Å². The van der Waals surface area contributed by atoms with E-state index < -0.39 is 5.92 Å². The Labute approximate surface area is 176 Å². The van der Waals surface area contributed by atoms with Crippen LogP contribution in [0.1, 0.15) is 50.9 Å². The number of hydrogen-bond donors (Lipinski definition) is 1. The fraction of sp³-hybridized carbons (Fsp3) is 0.619. The fourth-order valence-electron chi connectivity index (χ4n) is 4.22. The van der Waals surface area contributed by atoms with Crippen LogP contribution in [0.25, 0.3) is 11.0 Å². The number of ether oxygens (including phenoxy) is 1. The molecule has 2 aromatic rings. The molecule has 1 N–H and O–H groups in total. The number of amides is 2.